The monoisotopic (exact) mass is 233 g/mol. The van der Waals surface area contributed by atoms with Crippen LogP contribution in [0.3, 0.4) is 0 Å². The molecule has 4 nitrogen and oxygen atoms in total. The maximum atomic E-state index is 11.5. The van der Waals surface area contributed by atoms with Gasteiger partial charge in [0, 0.05) is 31.1 Å². The van der Waals surface area contributed by atoms with Crippen molar-refractivity contribution in [3.05, 3.63) is 47.2 Å². The molecule has 16 heavy (non-hydrogen) atoms. The molecule has 0 aromatic carbocycles. The van der Waals surface area contributed by atoms with E-state index in [2.05, 4.69) is 14.7 Å². The van der Waals surface area contributed by atoms with Crippen LogP contribution in [0.25, 0.3) is 0 Å². The van der Waals surface area contributed by atoms with Crippen molar-refractivity contribution in [1.82, 2.24) is 14.7 Å². The third-order valence-electron chi connectivity index (χ3n) is 2.05. The minimum atomic E-state index is -0.0709. The number of hydrogen-bond donors (Lipinski definition) is 1. The van der Waals surface area contributed by atoms with Crippen LogP contribution in [0, 0.1) is 0 Å². The summed E-state index contributed by atoms with van der Waals surface area (Å²) in [6.07, 6.45) is 4.12. The van der Waals surface area contributed by atoms with E-state index in [9.17, 15) is 4.79 Å². The van der Waals surface area contributed by atoms with E-state index in [1.807, 2.05) is 18.2 Å². The van der Waals surface area contributed by atoms with Gasteiger partial charge in [-0.2, -0.15) is 0 Å². The average molecular weight is 233 g/mol. The molecule has 2 heterocycles. The van der Waals surface area contributed by atoms with E-state index >= 15 is 0 Å². The van der Waals surface area contributed by atoms with E-state index in [1.54, 1.807) is 18.5 Å². The third-order valence-corrected chi connectivity index (χ3v) is 2.80. The molecule has 2 aromatic rings. The van der Waals surface area contributed by atoms with E-state index in [1.165, 1.54) is 11.5 Å². The lowest BCUT2D eigenvalue weighted by molar-refractivity contribution is 0.0958. The molecule has 5 heteroatoms. The first-order chi connectivity index (χ1) is 7.86. The fourth-order valence-electron chi connectivity index (χ4n) is 1.27. The Morgan fingerprint density at radius 1 is 1.31 bits per heavy atom. The second-order valence-corrected chi connectivity index (χ2v) is 4.04. The fourth-order valence-corrected chi connectivity index (χ4v) is 1.78. The highest BCUT2D eigenvalue weighted by atomic mass is 32.1. The second kappa shape index (κ2) is 5.37. The van der Waals surface area contributed by atoms with Crippen LogP contribution in [-0.2, 0) is 6.42 Å². The van der Waals surface area contributed by atoms with Gasteiger partial charge >= 0.3 is 0 Å². The number of rotatable bonds is 4. The van der Waals surface area contributed by atoms with Gasteiger partial charge in [0.05, 0.1) is 0 Å². The Balaban J connectivity index is 1.79. The zero-order valence-corrected chi connectivity index (χ0v) is 9.41. The fraction of sp³-hybridized carbons (Fsp3) is 0.182. The van der Waals surface area contributed by atoms with Crippen LogP contribution >= 0.6 is 11.5 Å². The van der Waals surface area contributed by atoms with Crippen LogP contribution in [0.1, 0.15) is 15.4 Å². The molecule has 0 radical (unpaired) electrons. The number of pyridine rings is 1. The molecule has 0 aliphatic carbocycles. The summed E-state index contributed by atoms with van der Waals surface area (Å²) >= 11 is 1.20. The van der Waals surface area contributed by atoms with Crippen LogP contribution in [-0.4, -0.2) is 21.8 Å². The molecule has 2 rings (SSSR count). The van der Waals surface area contributed by atoms with Gasteiger partial charge in [-0.25, -0.2) is 4.37 Å². The first kappa shape index (κ1) is 10.8. The SMILES string of the molecule is O=C(NCCc1ccccn1)c1ccns1. The van der Waals surface area contributed by atoms with Crippen molar-refractivity contribution in [3.8, 4) is 0 Å². The summed E-state index contributed by atoms with van der Waals surface area (Å²) in [4.78, 5) is 16.4. The molecular weight excluding hydrogens is 222 g/mol. The Kier molecular flexibility index (Phi) is 3.61. The zero-order valence-electron chi connectivity index (χ0n) is 8.59. The van der Waals surface area contributed by atoms with Gasteiger partial charge in [0.1, 0.15) is 4.88 Å². The van der Waals surface area contributed by atoms with Crippen molar-refractivity contribution in [2.75, 3.05) is 6.54 Å². The van der Waals surface area contributed by atoms with Gasteiger partial charge in [0.2, 0.25) is 0 Å². The van der Waals surface area contributed by atoms with Crippen LogP contribution in [0.2, 0.25) is 0 Å². The molecule has 1 N–H and O–H groups in total. The topological polar surface area (TPSA) is 54.9 Å². The predicted octanol–water partition coefficient (Wildman–Crippen LogP) is 1.51. The van der Waals surface area contributed by atoms with Crippen molar-refractivity contribution >= 4 is 17.4 Å². The Labute approximate surface area is 97.5 Å². The number of carbonyl (C=O) groups is 1. The predicted molar refractivity (Wildman–Crippen MR) is 62.4 cm³/mol. The van der Waals surface area contributed by atoms with Gasteiger partial charge in [-0.05, 0) is 29.7 Å². The lowest BCUT2D eigenvalue weighted by atomic mass is 10.3. The maximum absolute atomic E-state index is 11.5. The summed E-state index contributed by atoms with van der Waals surface area (Å²) in [5.41, 5.74) is 0.979. The molecule has 0 unspecified atom stereocenters. The van der Waals surface area contributed by atoms with E-state index < -0.39 is 0 Å². The molecule has 0 saturated carbocycles. The molecule has 0 aliphatic heterocycles. The molecule has 1 amide bonds. The number of carbonyl (C=O) groups excluding carboxylic acids is 1. The van der Waals surface area contributed by atoms with Gasteiger partial charge in [0.15, 0.2) is 0 Å². The Hall–Kier alpha value is -1.75. The van der Waals surface area contributed by atoms with Gasteiger partial charge < -0.3 is 5.32 Å². The van der Waals surface area contributed by atoms with Crippen molar-refractivity contribution in [3.63, 3.8) is 0 Å². The largest absolute Gasteiger partial charge is 0.351 e. The number of hydrogen-bond acceptors (Lipinski definition) is 4. The van der Waals surface area contributed by atoms with Crippen LogP contribution in [0.15, 0.2) is 36.7 Å². The number of nitrogens with zero attached hydrogens (tertiary/aromatic N) is 2. The highest BCUT2D eigenvalue weighted by molar-refractivity contribution is 7.08. The van der Waals surface area contributed by atoms with E-state index in [-0.39, 0.29) is 5.91 Å². The van der Waals surface area contributed by atoms with E-state index in [0.29, 0.717) is 11.4 Å². The summed E-state index contributed by atoms with van der Waals surface area (Å²) in [6.45, 7) is 0.591. The van der Waals surface area contributed by atoms with Crippen LogP contribution in [0.4, 0.5) is 0 Å². The summed E-state index contributed by atoms with van der Waals surface area (Å²) in [5.74, 6) is -0.0709. The minimum Gasteiger partial charge on any atom is -0.351 e. The normalized spacial score (nSPS) is 10.0. The highest BCUT2D eigenvalue weighted by Crippen LogP contribution is 2.03. The van der Waals surface area contributed by atoms with Crippen molar-refractivity contribution in [1.29, 1.82) is 0 Å². The molecule has 0 saturated heterocycles. The molecule has 0 fully saturated rings. The molecule has 0 spiro atoms. The molecule has 0 aliphatic rings. The Morgan fingerprint density at radius 2 is 2.25 bits per heavy atom. The summed E-state index contributed by atoms with van der Waals surface area (Å²) in [7, 11) is 0. The number of nitrogens with one attached hydrogen (secondary N) is 1. The summed E-state index contributed by atoms with van der Waals surface area (Å²) in [6, 6.07) is 7.46. The van der Waals surface area contributed by atoms with Crippen LogP contribution < -0.4 is 5.32 Å². The number of aromatic nitrogens is 2. The first-order valence-electron chi connectivity index (χ1n) is 4.95. The smallest absolute Gasteiger partial charge is 0.262 e. The van der Waals surface area contributed by atoms with Crippen molar-refractivity contribution in [2.24, 2.45) is 0 Å². The Bertz CT molecular complexity index is 442. The zero-order chi connectivity index (χ0) is 11.2. The van der Waals surface area contributed by atoms with Crippen molar-refractivity contribution < 1.29 is 4.79 Å². The van der Waals surface area contributed by atoms with Gasteiger partial charge in [-0.1, -0.05) is 6.07 Å². The van der Waals surface area contributed by atoms with E-state index in [4.69, 9.17) is 0 Å². The second-order valence-electron chi connectivity index (χ2n) is 3.20. The van der Waals surface area contributed by atoms with Gasteiger partial charge in [-0.15, -0.1) is 0 Å². The molecule has 82 valence electrons. The lowest BCUT2D eigenvalue weighted by Gasteiger charge is -2.02. The quantitative estimate of drug-likeness (QED) is 0.871. The lowest BCUT2D eigenvalue weighted by Crippen LogP contribution is -2.25. The first-order valence-corrected chi connectivity index (χ1v) is 5.72. The maximum Gasteiger partial charge on any atom is 0.262 e. The van der Waals surface area contributed by atoms with Gasteiger partial charge in [0.25, 0.3) is 5.91 Å². The summed E-state index contributed by atoms with van der Waals surface area (Å²) in [5, 5.41) is 2.83. The average Bonchev–Trinajstić information content (AvgIpc) is 2.84. The minimum absolute atomic E-state index is 0.0709. The van der Waals surface area contributed by atoms with Crippen molar-refractivity contribution in [2.45, 2.75) is 6.42 Å². The van der Waals surface area contributed by atoms with Crippen LogP contribution in [0.5, 0.6) is 0 Å². The molecule has 0 bridgehead atoms. The Morgan fingerprint density at radius 3 is 2.94 bits per heavy atom. The molecule has 0 atom stereocenters. The van der Waals surface area contributed by atoms with E-state index in [0.717, 1.165) is 12.1 Å². The highest BCUT2D eigenvalue weighted by Gasteiger charge is 2.05. The molecule has 2 aromatic heterocycles. The summed E-state index contributed by atoms with van der Waals surface area (Å²) < 4.78 is 3.88. The standard InChI is InChI=1S/C11H11N3OS/c15-11(10-5-8-14-16-10)13-7-4-9-3-1-2-6-12-9/h1-3,5-6,8H,4,7H2,(H,13,15). The van der Waals surface area contributed by atoms with Gasteiger partial charge in [-0.3, -0.25) is 9.78 Å². The molecular formula is C11H11N3OS. The third kappa shape index (κ3) is 2.87. The number of amides is 1.